The molecule has 0 spiro atoms. The van der Waals surface area contributed by atoms with Crippen molar-refractivity contribution in [2.45, 2.75) is 75.8 Å². The monoisotopic (exact) mass is 377 g/mol. The Morgan fingerprint density at radius 2 is 2.16 bits per heavy atom. The van der Waals surface area contributed by atoms with Crippen LogP contribution in [0.2, 0.25) is 0 Å². The molecule has 4 heteroatoms. The number of fused-ring (bicyclic) bond motifs is 1. The van der Waals surface area contributed by atoms with Crippen LogP contribution in [-0.2, 0) is 9.47 Å². The lowest BCUT2D eigenvalue weighted by atomic mass is 9.87. The van der Waals surface area contributed by atoms with E-state index in [0.29, 0.717) is 12.6 Å². The van der Waals surface area contributed by atoms with Crippen molar-refractivity contribution >= 4 is 22.6 Å². The Morgan fingerprint density at radius 1 is 1.32 bits per heavy atom. The molecular weight excluding hydrogens is 353 g/mol. The van der Waals surface area contributed by atoms with Crippen molar-refractivity contribution in [3.05, 3.63) is 11.4 Å². The maximum atomic E-state index is 6.91. The van der Waals surface area contributed by atoms with Crippen molar-refractivity contribution in [2.75, 3.05) is 11.0 Å². The van der Waals surface area contributed by atoms with Crippen LogP contribution in [0.4, 0.5) is 0 Å². The molecule has 0 radical (unpaired) electrons. The van der Waals surface area contributed by atoms with Gasteiger partial charge in [-0.3, -0.25) is 0 Å². The van der Waals surface area contributed by atoms with Crippen LogP contribution in [-0.4, -0.2) is 34.9 Å². The lowest BCUT2D eigenvalue weighted by Gasteiger charge is -2.40. The fourth-order valence-corrected chi connectivity index (χ4v) is 4.27. The van der Waals surface area contributed by atoms with Crippen LogP contribution in [0.3, 0.4) is 0 Å². The first-order chi connectivity index (χ1) is 9.24. The molecular formula is C15H24INO2. The summed E-state index contributed by atoms with van der Waals surface area (Å²) in [6.07, 6.45) is 8.69. The number of ether oxygens (including phenoxy) is 2. The van der Waals surface area contributed by atoms with Crippen LogP contribution >= 0.6 is 22.6 Å². The number of hydrogen-bond acceptors (Lipinski definition) is 2. The third-order valence-corrected chi connectivity index (χ3v) is 5.63. The molecule has 0 amide bonds. The second-order valence-corrected chi connectivity index (χ2v) is 6.54. The number of halogens is 1. The molecule has 2 heterocycles. The molecule has 0 aliphatic carbocycles. The summed E-state index contributed by atoms with van der Waals surface area (Å²) in [4.78, 5) is 3.46. The fourth-order valence-electron chi connectivity index (χ4n) is 3.29. The molecule has 2 saturated heterocycles. The van der Waals surface area contributed by atoms with Gasteiger partial charge in [-0.25, -0.2) is 6.57 Å². The van der Waals surface area contributed by atoms with Gasteiger partial charge in [-0.1, -0.05) is 42.4 Å². The normalized spacial score (nSPS) is 37.8. The smallest absolute Gasteiger partial charge is 0.217 e. The second-order valence-electron chi connectivity index (χ2n) is 5.78. The molecule has 0 bridgehead atoms. The van der Waals surface area contributed by atoms with E-state index in [4.69, 9.17) is 16.0 Å². The number of alkyl halides is 1. The minimum Gasteiger partial charge on any atom is -0.372 e. The molecule has 0 aromatic rings. The molecule has 2 fully saturated rings. The molecule has 108 valence electrons. The number of nitrogens with zero attached hydrogens (tertiary/aromatic N) is 1. The van der Waals surface area contributed by atoms with E-state index in [-0.39, 0.29) is 17.8 Å². The lowest BCUT2D eigenvalue weighted by molar-refractivity contribution is -0.152. The van der Waals surface area contributed by atoms with E-state index in [1.54, 1.807) is 0 Å². The van der Waals surface area contributed by atoms with E-state index in [9.17, 15) is 0 Å². The third-order valence-electron chi connectivity index (χ3n) is 4.34. The summed E-state index contributed by atoms with van der Waals surface area (Å²) in [7, 11) is 0. The van der Waals surface area contributed by atoms with Gasteiger partial charge in [0.15, 0.2) is 0 Å². The molecule has 3 nitrogen and oxygen atoms in total. The number of rotatable bonds is 6. The zero-order valence-electron chi connectivity index (χ0n) is 11.7. The first-order valence-corrected chi connectivity index (χ1v) is 8.99. The predicted molar refractivity (Wildman–Crippen MR) is 84.6 cm³/mol. The minimum absolute atomic E-state index is 0.0656. The molecule has 0 aromatic heterocycles. The van der Waals surface area contributed by atoms with Crippen molar-refractivity contribution in [2.24, 2.45) is 0 Å². The topological polar surface area (TPSA) is 22.8 Å². The molecule has 19 heavy (non-hydrogen) atoms. The highest BCUT2D eigenvalue weighted by Crippen LogP contribution is 2.44. The van der Waals surface area contributed by atoms with Gasteiger partial charge in [0.1, 0.15) is 5.60 Å². The second kappa shape index (κ2) is 7.24. The van der Waals surface area contributed by atoms with Crippen LogP contribution in [0.1, 0.15) is 51.9 Å². The van der Waals surface area contributed by atoms with Gasteiger partial charge in [-0.05, 0) is 19.3 Å². The Kier molecular flexibility index (Phi) is 5.91. The minimum atomic E-state index is -0.0656. The summed E-state index contributed by atoms with van der Waals surface area (Å²) in [5, 5.41) is 0. The Balaban J connectivity index is 1.95. The average Bonchev–Trinajstić information content (AvgIpc) is 2.81. The van der Waals surface area contributed by atoms with Crippen molar-refractivity contribution in [3.63, 3.8) is 0 Å². The molecule has 2 unspecified atom stereocenters. The molecule has 4 atom stereocenters. The summed E-state index contributed by atoms with van der Waals surface area (Å²) in [6, 6.07) is 0. The van der Waals surface area contributed by atoms with E-state index in [1.807, 2.05) is 0 Å². The highest BCUT2D eigenvalue weighted by molar-refractivity contribution is 14.1. The Morgan fingerprint density at radius 3 is 2.84 bits per heavy atom. The quantitative estimate of drug-likeness (QED) is 0.397. The summed E-state index contributed by atoms with van der Waals surface area (Å²) in [6.45, 7) is 9.73. The van der Waals surface area contributed by atoms with E-state index >= 15 is 0 Å². The number of unbranched alkanes of at least 4 members (excludes halogenated alkanes) is 1. The van der Waals surface area contributed by atoms with Gasteiger partial charge in [0.05, 0.1) is 18.3 Å². The molecule has 0 N–H and O–H groups in total. The highest BCUT2D eigenvalue weighted by atomic mass is 127. The van der Waals surface area contributed by atoms with Crippen molar-refractivity contribution in [1.82, 2.24) is 0 Å². The lowest BCUT2D eigenvalue weighted by Crippen LogP contribution is -2.49. The molecule has 0 saturated carbocycles. The summed E-state index contributed by atoms with van der Waals surface area (Å²) < 4.78 is 13.6. The summed E-state index contributed by atoms with van der Waals surface area (Å²) in [5.74, 6) is 0. The zero-order chi connectivity index (χ0) is 13.7. The van der Waals surface area contributed by atoms with E-state index < -0.39 is 0 Å². The highest BCUT2D eigenvalue weighted by Gasteiger charge is 2.52. The maximum Gasteiger partial charge on any atom is 0.217 e. The summed E-state index contributed by atoms with van der Waals surface area (Å²) in [5.41, 5.74) is -0.0656. The van der Waals surface area contributed by atoms with Crippen molar-refractivity contribution in [1.29, 1.82) is 0 Å². The fraction of sp³-hybridized carbons (Fsp3) is 0.933. The van der Waals surface area contributed by atoms with Gasteiger partial charge < -0.3 is 14.3 Å². The first kappa shape index (κ1) is 15.5. The first-order valence-electron chi connectivity index (χ1n) is 7.46. The standard InChI is InChI=1S/C15H24INO2/c1-3-4-5-13-10-15(11-16)14(18-13)7-6-12(19-15)8-9-17-2/h12-14H,3-11H2,1H3/t12?,13-,14-,15?/m0/s1. The van der Waals surface area contributed by atoms with Crippen LogP contribution < -0.4 is 0 Å². The van der Waals surface area contributed by atoms with Crippen molar-refractivity contribution in [3.8, 4) is 0 Å². The van der Waals surface area contributed by atoms with Crippen LogP contribution in [0, 0.1) is 6.57 Å². The molecule has 2 rings (SSSR count). The van der Waals surface area contributed by atoms with Crippen LogP contribution in [0.5, 0.6) is 0 Å². The molecule has 2 aliphatic rings. The van der Waals surface area contributed by atoms with Gasteiger partial charge in [0, 0.05) is 17.3 Å². The average molecular weight is 377 g/mol. The summed E-state index contributed by atoms with van der Waals surface area (Å²) >= 11 is 2.44. The largest absolute Gasteiger partial charge is 0.372 e. The Labute approximate surface area is 130 Å². The number of hydrogen-bond donors (Lipinski definition) is 0. The van der Waals surface area contributed by atoms with Gasteiger partial charge >= 0.3 is 0 Å². The maximum absolute atomic E-state index is 6.91. The SMILES string of the molecule is [C-]#[N+]CCC1CC[C@@H]2O[C@@H](CCCC)CC2(CI)O1. The Hall–Kier alpha value is 0.140. The van der Waals surface area contributed by atoms with Crippen LogP contribution in [0.25, 0.3) is 4.85 Å². The van der Waals surface area contributed by atoms with Gasteiger partial charge in [0.25, 0.3) is 0 Å². The van der Waals surface area contributed by atoms with Crippen molar-refractivity contribution < 1.29 is 9.47 Å². The van der Waals surface area contributed by atoms with Gasteiger partial charge in [-0.15, -0.1) is 0 Å². The predicted octanol–water partition coefficient (Wildman–Crippen LogP) is 4.00. The molecule has 0 aromatic carbocycles. The molecule has 2 aliphatic heterocycles. The van der Waals surface area contributed by atoms with E-state index in [1.165, 1.54) is 19.3 Å². The zero-order valence-corrected chi connectivity index (χ0v) is 13.9. The van der Waals surface area contributed by atoms with Gasteiger partial charge in [-0.2, -0.15) is 0 Å². The van der Waals surface area contributed by atoms with E-state index in [0.717, 1.165) is 30.1 Å². The third kappa shape index (κ3) is 3.62. The van der Waals surface area contributed by atoms with Crippen LogP contribution in [0.15, 0.2) is 0 Å². The Bertz CT molecular complexity index is 331. The van der Waals surface area contributed by atoms with E-state index in [2.05, 4.69) is 34.4 Å². The van der Waals surface area contributed by atoms with Gasteiger partial charge in [0.2, 0.25) is 6.54 Å².